The van der Waals surface area contributed by atoms with Gasteiger partial charge in [0.15, 0.2) is 11.5 Å². The predicted octanol–water partition coefficient (Wildman–Crippen LogP) is -0.984. The fraction of sp³-hybridized carbons (Fsp3) is 0.500. The third-order valence-corrected chi connectivity index (χ3v) is 3.13. The van der Waals surface area contributed by atoms with Crippen LogP contribution in [0.5, 0.6) is 0 Å². The number of nitrogen functional groups attached to an aromatic ring is 1. The Kier molecular flexibility index (Phi) is 2.62. The van der Waals surface area contributed by atoms with E-state index in [1.165, 1.54) is 6.33 Å². The summed E-state index contributed by atoms with van der Waals surface area (Å²) in [5.74, 6) is 0.327. The van der Waals surface area contributed by atoms with E-state index < -0.39 is 6.10 Å². The SMILES string of the molecule is NC[C@@H]1O[C@H](n2cnc3c(N)ncnc32)C[C@H]1O. The highest BCUT2D eigenvalue weighted by Crippen LogP contribution is 2.30. The predicted molar refractivity (Wildman–Crippen MR) is 63.3 cm³/mol. The normalized spacial score (nSPS) is 28.0. The maximum absolute atomic E-state index is 9.79. The molecule has 0 saturated carbocycles. The second-order valence-corrected chi connectivity index (χ2v) is 4.25. The summed E-state index contributed by atoms with van der Waals surface area (Å²) in [4.78, 5) is 12.2. The average molecular weight is 250 g/mol. The summed E-state index contributed by atoms with van der Waals surface area (Å²) in [7, 11) is 0. The molecular weight excluding hydrogens is 236 g/mol. The summed E-state index contributed by atoms with van der Waals surface area (Å²) in [6.45, 7) is 0.279. The van der Waals surface area contributed by atoms with E-state index in [1.807, 2.05) is 0 Å². The standard InChI is InChI=1S/C10H14N6O2/c11-2-6-5(17)1-7(18-6)16-4-15-8-9(12)13-3-14-10(8)16/h3-7,17H,1-2,11H2,(H2,12,13,14)/t5-,6+,7+/m1/s1. The maximum Gasteiger partial charge on any atom is 0.167 e. The lowest BCUT2D eigenvalue weighted by atomic mass is 10.2. The minimum atomic E-state index is -0.573. The molecule has 2 aromatic heterocycles. The number of fused-ring (bicyclic) bond motifs is 1. The number of anilines is 1. The van der Waals surface area contributed by atoms with Gasteiger partial charge in [-0.1, -0.05) is 0 Å². The topological polar surface area (TPSA) is 125 Å². The van der Waals surface area contributed by atoms with Gasteiger partial charge in [-0.15, -0.1) is 0 Å². The molecule has 0 spiro atoms. The van der Waals surface area contributed by atoms with E-state index in [2.05, 4.69) is 15.0 Å². The first-order valence-electron chi connectivity index (χ1n) is 5.67. The van der Waals surface area contributed by atoms with Crippen molar-refractivity contribution in [3.63, 3.8) is 0 Å². The van der Waals surface area contributed by atoms with Gasteiger partial charge in [-0.05, 0) is 0 Å². The van der Waals surface area contributed by atoms with Crippen molar-refractivity contribution in [3.05, 3.63) is 12.7 Å². The van der Waals surface area contributed by atoms with Crippen LogP contribution in [-0.4, -0.2) is 43.4 Å². The van der Waals surface area contributed by atoms with Crippen LogP contribution >= 0.6 is 0 Å². The highest BCUT2D eigenvalue weighted by Gasteiger charge is 2.34. The number of nitrogens with zero attached hydrogens (tertiary/aromatic N) is 4. The molecule has 0 radical (unpaired) electrons. The Labute approximate surface area is 103 Å². The van der Waals surface area contributed by atoms with Gasteiger partial charge in [-0.25, -0.2) is 15.0 Å². The number of imidazole rings is 1. The van der Waals surface area contributed by atoms with Gasteiger partial charge in [0.2, 0.25) is 0 Å². The Hall–Kier alpha value is -1.77. The van der Waals surface area contributed by atoms with Crippen LogP contribution in [0.4, 0.5) is 5.82 Å². The van der Waals surface area contributed by atoms with Crippen LogP contribution in [0.3, 0.4) is 0 Å². The molecule has 0 unspecified atom stereocenters. The summed E-state index contributed by atoms with van der Waals surface area (Å²) in [5.41, 5.74) is 12.4. The number of nitrogens with two attached hydrogens (primary N) is 2. The first kappa shape index (κ1) is 11.3. The molecule has 0 bridgehead atoms. The zero-order chi connectivity index (χ0) is 12.7. The average Bonchev–Trinajstić information content (AvgIpc) is 2.93. The van der Waals surface area contributed by atoms with Crippen LogP contribution in [0, 0.1) is 0 Å². The summed E-state index contributed by atoms with van der Waals surface area (Å²) in [5, 5.41) is 9.79. The van der Waals surface area contributed by atoms with Crippen molar-refractivity contribution in [1.29, 1.82) is 0 Å². The van der Waals surface area contributed by atoms with Crippen LogP contribution in [-0.2, 0) is 4.74 Å². The third kappa shape index (κ3) is 1.62. The Morgan fingerprint density at radius 1 is 1.44 bits per heavy atom. The first-order chi connectivity index (χ1) is 8.70. The molecular formula is C10H14N6O2. The first-order valence-corrected chi connectivity index (χ1v) is 5.67. The summed E-state index contributed by atoms with van der Waals surface area (Å²) in [6.07, 6.45) is 2.17. The molecule has 3 heterocycles. The van der Waals surface area contributed by atoms with Crippen LogP contribution < -0.4 is 11.5 Å². The molecule has 96 valence electrons. The van der Waals surface area contributed by atoms with Gasteiger partial charge in [-0.2, -0.15) is 0 Å². The van der Waals surface area contributed by atoms with E-state index >= 15 is 0 Å². The lowest BCUT2D eigenvalue weighted by molar-refractivity contribution is -0.0115. The number of hydrogen-bond donors (Lipinski definition) is 3. The fourth-order valence-electron chi connectivity index (χ4n) is 2.18. The van der Waals surface area contributed by atoms with E-state index in [0.717, 1.165) is 0 Å². The van der Waals surface area contributed by atoms with Gasteiger partial charge in [0, 0.05) is 13.0 Å². The zero-order valence-corrected chi connectivity index (χ0v) is 9.60. The lowest BCUT2D eigenvalue weighted by Gasteiger charge is -2.13. The number of aliphatic hydroxyl groups is 1. The molecule has 0 aromatic carbocycles. The minimum Gasteiger partial charge on any atom is -0.390 e. The number of hydrogen-bond acceptors (Lipinski definition) is 7. The zero-order valence-electron chi connectivity index (χ0n) is 9.60. The second kappa shape index (κ2) is 4.16. The van der Waals surface area contributed by atoms with E-state index in [4.69, 9.17) is 16.2 Å². The number of ether oxygens (including phenoxy) is 1. The Morgan fingerprint density at radius 3 is 3.00 bits per heavy atom. The summed E-state index contributed by atoms with van der Waals surface area (Å²) >= 11 is 0. The second-order valence-electron chi connectivity index (χ2n) is 4.25. The quantitative estimate of drug-likeness (QED) is 0.625. The molecule has 1 aliphatic heterocycles. The van der Waals surface area contributed by atoms with Crippen molar-refractivity contribution < 1.29 is 9.84 Å². The van der Waals surface area contributed by atoms with Crippen molar-refractivity contribution in [3.8, 4) is 0 Å². The molecule has 18 heavy (non-hydrogen) atoms. The Balaban J connectivity index is 1.99. The highest BCUT2D eigenvalue weighted by molar-refractivity contribution is 5.81. The van der Waals surface area contributed by atoms with Crippen LogP contribution in [0.25, 0.3) is 11.2 Å². The monoisotopic (exact) mass is 250 g/mol. The highest BCUT2D eigenvalue weighted by atomic mass is 16.5. The largest absolute Gasteiger partial charge is 0.390 e. The van der Waals surface area contributed by atoms with E-state index in [-0.39, 0.29) is 18.9 Å². The molecule has 8 nitrogen and oxygen atoms in total. The molecule has 8 heteroatoms. The minimum absolute atomic E-state index is 0.279. The van der Waals surface area contributed by atoms with Crippen LogP contribution in [0.1, 0.15) is 12.6 Å². The molecule has 5 N–H and O–H groups in total. The van der Waals surface area contributed by atoms with E-state index in [1.54, 1.807) is 10.9 Å². The summed E-state index contributed by atoms with van der Waals surface area (Å²) in [6, 6.07) is 0. The molecule has 0 amide bonds. The van der Waals surface area contributed by atoms with Crippen LogP contribution in [0.2, 0.25) is 0 Å². The van der Waals surface area contributed by atoms with E-state index in [9.17, 15) is 5.11 Å². The van der Waals surface area contributed by atoms with Gasteiger partial charge in [0.05, 0.1) is 18.5 Å². The fourth-order valence-corrected chi connectivity index (χ4v) is 2.18. The van der Waals surface area contributed by atoms with Crippen molar-refractivity contribution in [2.45, 2.75) is 24.9 Å². The Morgan fingerprint density at radius 2 is 2.28 bits per heavy atom. The molecule has 3 rings (SSSR count). The summed E-state index contributed by atoms with van der Waals surface area (Å²) < 4.78 is 7.40. The van der Waals surface area contributed by atoms with Gasteiger partial charge in [0.1, 0.15) is 18.1 Å². The van der Waals surface area contributed by atoms with Crippen molar-refractivity contribution >= 4 is 17.0 Å². The number of aromatic nitrogens is 4. The molecule has 1 fully saturated rings. The van der Waals surface area contributed by atoms with Crippen molar-refractivity contribution in [2.24, 2.45) is 5.73 Å². The molecule has 0 aliphatic carbocycles. The smallest absolute Gasteiger partial charge is 0.167 e. The Bertz CT molecular complexity index is 570. The third-order valence-electron chi connectivity index (χ3n) is 3.13. The maximum atomic E-state index is 9.79. The number of rotatable bonds is 2. The molecule has 3 atom stereocenters. The van der Waals surface area contributed by atoms with Crippen LogP contribution in [0.15, 0.2) is 12.7 Å². The molecule has 2 aromatic rings. The van der Waals surface area contributed by atoms with Crippen molar-refractivity contribution in [2.75, 3.05) is 12.3 Å². The molecule has 1 aliphatic rings. The van der Waals surface area contributed by atoms with Gasteiger partial charge >= 0.3 is 0 Å². The van der Waals surface area contributed by atoms with E-state index in [0.29, 0.717) is 23.4 Å². The van der Waals surface area contributed by atoms with Gasteiger partial charge in [-0.3, -0.25) is 4.57 Å². The molecule has 1 saturated heterocycles. The lowest BCUT2D eigenvalue weighted by Crippen LogP contribution is -2.29. The van der Waals surface area contributed by atoms with Gasteiger partial charge < -0.3 is 21.3 Å². The van der Waals surface area contributed by atoms with Gasteiger partial charge in [0.25, 0.3) is 0 Å². The number of aliphatic hydroxyl groups excluding tert-OH is 1. The van der Waals surface area contributed by atoms with Crippen molar-refractivity contribution in [1.82, 2.24) is 19.5 Å².